The van der Waals surface area contributed by atoms with Crippen molar-refractivity contribution in [2.24, 2.45) is 5.92 Å². The lowest BCUT2D eigenvalue weighted by Gasteiger charge is -2.37. The first kappa shape index (κ1) is 16.3. The third-order valence-corrected chi connectivity index (χ3v) is 5.07. The Balaban J connectivity index is 1.67. The summed E-state index contributed by atoms with van der Waals surface area (Å²) in [5.41, 5.74) is 0. The summed E-state index contributed by atoms with van der Waals surface area (Å²) in [6, 6.07) is 0. The lowest BCUT2D eigenvalue weighted by molar-refractivity contribution is -0.144. The van der Waals surface area contributed by atoms with Gasteiger partial charge in [-0.05, 0) is 32.6 Å². The molecule has 2 aliphatic rings. The summed E-state index contributed by atoms with van der Waals surface area (Å²) < 4.78 is 29.2. The summed E-state index contributed by atoms with van der Waals surface area (Å²) in [6.45, 7) is 4.06. The molecule has 0 unspecified atom stereocenters. The Kier molecular flexibility index (Phi) is 4.64. The van der Waals surface area contributed by atoms with Crippen LogP contribution in [0, 0.1) is 5.92 Å². The minimum atomic E-state index is -2.68. The second-order valence-corrected chi connectivity index (χ2v) is 6.75. The standard InChI is InChI=1S/C16H24F2N4O/c1-2-21-11-19-20-14(21)13-6-4-8-22(10-13)15(23)12-5-3-7-16(17,18)9-12/h11-13H,2-10H2,1H3/t12-,13-/m1/s1. The van der Waals surface area contributed by atoms with Crippen LogP contribution in [0.3, 0.4) is 0 Å². The second-order valence-electron chi connectivity index (χ2n) is 6.75. The maximum absolute atomic E-state index is 13.6. The van der Waals surface area contributed by atoms with Gasteiger partial charge in [-0.25, -0.2) is 8.78 Å². The van der Waals surface area contributed by atoms with Crippen molar-refractivity contribution < 1.29 is 13.6 Å². The molecule has 0 aromatic carbocycles. The van der Waals surface area contributed by atoms with Crippen molar-refractivity contribution in [3.8, 4) is 0 Å². The Morgan fingerprint density at radius 1 is 1.39 bits per heavy atom. The van der Waals surface area contributed by atoms with Crippen molar-refractivity contribution in [1.82, 2.24) is 19.7 Å². The monoisotopic (exact) mass is 326 g/mol. The van der Waals surface area contributed by atoms with Gasteiger partial charge in [0, 0.05) is 44.3 Å². The van der Waals surface area contributed by atoms with Gasteiger partial charge in [-0.15, -0.1) is 10.2 Å². The number of carbonyl (C=O) groups is 1. The van der Waals surface area contributed by atoms with E-state index in [2.05, 4.69) is 10.2 Å². The molecule has 1 aliphatic carbocycles. The zero-order valence-electron chi connectivity index (χ0n) is 13.5. The van der Waals surface area contributed by atoms with Crippen LogP contribution in [0.1, 0.15) is 57.2 Å². The SMILES string of the molecule is CCn1cnnc1[C@@H]1CCCN(C(=O)[C@@H]2CCCC(F)(F)C2)C1. The molecule has 0 N–H and O–H groups in total. The van der Waals surface area contributed by atoms with Crippen LogP contribution in [-0.2, 0) is 11.3 Å². The van der Waals surface area contributed by atoms with Gasteiger partial charge in [-0.1, -0.05) is 0 Å². The molecule has 7 heteroatoms. The van der Waals surface area contributed by atoms with Gasteiger partial charge in [0.05, 0.1) is 0 Å². The molecule has 128 valence electrons. The van der Waals surface area contributed by atoms with Crippen molar-refractivity contribution in [1.29, 1.82) is 0 Å². The zero-order valence-corrected chi connectivity index (χ0v) is 13.5. The minimum Gasteiger partial charge on any atom is -0.342 e. The van der Waals surface area contributed by atoms with E-state index in [1.165, 1.54) is 0 Å². The molecular weight excluding hydrogens is 302 g/mol. The van der Waals surface area contributed by atoms with E-state index < -0.39 is 11.8 Å². The highest BCUT2D eigenvalue weighted by Crippen LogP contribution is 2.38. The quantitative estimate of drug-likeness (QED) is 0.858. The molecule has 2 heterocycles. The van der Waals surface area contributed by atoms with E-state index in [0.29, 0.717) is 25.9 Å². The predicted molar refractivity (Wildman–Crippen MR) is 81.2 cm³/mol. The Bertz CT molecular complexity index is 560. The minimum absolute atomic E-state index is 0.0843. The summed E-state index contributed by atoms with van der Waals surface area (Å²) in [6.07, 6.45) is 4.19. The van der Waals surface area contributed by atoms with Crippen molar-refractivity contribution in [3.63, 3.8) is 0 Å². The molecule has 0 bridgehead atoms. The summed E-state index contributed by atoms with van der Waals surface area (Å²) in [5, 5.41) is 8.15. The van der Waals surface area contributed by atoms with Gasteiger partial charge in [-0.2, -0.15) is 0 Å². The Morgan fingerprint density at radius 3 is 2.96 bits per heavy atom. The third-order valence-electron chi connectivity index (χ3n) is 5.07. The van der Waals surface area contributed by atoms with Gasteiger partial charge in [0.2, 0.25) is 11.8 Å². The topological polar surface area (TPSA) is 51.0 Å². The molecule has 0 spiro atoms. The third kappa shape index (κ3) is 3.53. The van der Waals surface area contributed by atoms with Gasteiger partial charge in [0.15, 0.2) is 0 Å². The van der Waals surface area contributed by atoms with Crippen LogP contribution in [0.15, 0.2) is 6.33 Å². The Morgan fingerprint density at radius 2 is 2.22 bits per heavy atom. The highest BCUT2D eigenvalue weighted by Gasteiger charge is 2.41. The number of aromatic nitrogens is 3. The average Bonchev–Trinajstić information content (AvgIpc) is 3.02. The van der Waals surface area contributed by atoms with Crippen molar-refractivity contribution in [3.05, 3.63) is 12.2 Å². The number of aryl methyl sites for hydroxylation is 1. The Hall–Kier alpha value is -1.53. The zero-order chi connectivity index (χ0) is 16.4. The number of carbonyl (C=O) groups excluding carboxylic acids is 1. The van der Waals surface area contributed by atoms with Crippen LogP contribution in [0.5, 0.6) is 0 Å². The first-order valence-electron chi connectivity index (χ1n) is 8.54. The fourth-order valence-electron chi connectivity index (χ4n) is 3.85. The number of rotatable bonds is 3. The smallest absolute Gasteiger partial charge is 0.248 e. The van der Waals surface area contributed by atoms with E-state index in [4.69, 9.17) is 0 Å². The summed E-state index contributed by atoms with van der Waals surface area (Å²) in [5.74, 6) is -2.26. The lowest BCUT2D eigenvalue weighted by Crippen LogP contribution is -2.45. The molecule has 2 atom stereocenters. The number of hydrogen-bond donors (Lipinski definition) is 0. The van der Waals surface area contributed by atoms with Crippen LogP contribution in [0.2, 0.25) is 0 Å². The molecule has 1 aromatic heterocycles. The van der Waals surface area contributed by atoms with Crippen LogP contribution < -0.4 is 0 Å². The number of nitrogens with zero attached hydrogens (tertiary/aromatic N) is 4. The van der Waals surface area contributed by atoms with Crippen LogP contribution in [-0.4, -0.2) is 44.6 Å². The first-order valence-corrected chi connectivity index (χ1v) is 8.54. The number of alkyl halides is 2. The first-order chi connectivity index (χ1) is 11.0. The highest BCUT2D eigenvalue weighted by molar-refractivity contribution is 5.79. The van der Waals surface area contributed by atoms with E-state index in [0.717, 1.165) is 25.2 Å². The van der Waals surface area contributed by atoms with Crippen LogP contribution >= 0.6 is 0 Å². The molecule has 2 fully saturated rings. The summed E-state index contributed by atoms with van der Waals surface area (Å²) in [4.78, 5) is 14.4. The van der Waals surface area contributed by atoms with Gasteiger partial charge >= 0.3 is 0 Å². The van der Waals surface area contributed by atoms with E-state index in [-0.39, 0.29) is 24.7 Å². The number of likely N-dealkylation sites (tertiary alicyclic amines) is 1. The molecule has 1 aliphatic heterocycles. The van der Waals surface area contributed by atoms with Crippen molar-refractivity contribution in [2.75, 3.05) is 13.1 Å². The molecule has 1 saturated heterocycles. The molecule has 0 radical (unpaired) electrons. The molecule has 1 amide bonds. The normalized spacial score (nSPS) is 27.9. The van der Waals surface area contributed by atoms with E-state index in [9.17, 15) is 13.6 Å². The van der Waals surface area contributed by atoms with E-state index in [1.807, 2.05) is 11.5 Å². The maximum Gasteiger partial charge on any atom is 0.248 e. The summed E-state index contributed by atoms with van der Waals surface area (Å²) >= 11 is 0. The molecule has 23 heavy (non-hydrogen) atoms. The van der Waals surface area contributed by atoms with Crippen molar-refractivity contribution >= 4 is 5.91 Å². The number of amides is 1. The van der Waals surface area contributed by atoms with E-state index >= 15 is 0 Å². The fourth-order valence-corrected chi connectivity index (χ4v) is 3.85. The molecule has 1 aromatic rings. The van der Waals surface area contributed by atoms with Gasteiger partial charge in [-0.3, -0.25) is 4.79 Å². The maximum atomic E-state index is 13.6. The second kappa shape index (κ2) is 6.53. The molecular formula is C16H24F2N4O. The highest BCUT2D eigenvalue weighted by atomic mass is 19.3. The number of hydrogen-bond acceptors (Lipinski definition) is 3. The van der Waals surface area contributed by atoms with Crippen molar-refractivity contribution in [2.45, 2.75) is 63.8 Å². The molecule has 5 nitrogen and oxygen atoms in total. The largest absolute Gasteiger partial charge is 0.342 e. The van der Waals surface area contributed by atoms with Gasteiger partial charge in [0.25, 0.3) is 0 Å². The lowest BCUT2D eigenvalue weighted by atomic mass is 9.84. The van der Waals surface area contributed by atoms with Crippen LogP contribution in [0.25, 0.3) is 0 Å². The molecule has 3 rings (SSSR count). The summed E-state index contributed by atoms with van der Waals surface area (Å²) in [7, 11) is 0. The fraction of sp³-hybridized carbons (Fsp3) is 0.812. The van der Waals surface area contributed by atoms with Crippen LogP contribution in [0.4, 0.5) is 8.78 Å². The molecule has 1 saturated carbocycles. The van der Waals surface area contributed by atoms with E-state index in [1.54, 1.807) is 11.2 Å². The average molecular weight is 326 g/mol. The predicted octanol–water partition coefficient (Wildman–Crippen LogP) is 2.83. The number of halogens is 2. The number of piperidine rings is 1. The van der Waals surface area contributed by atoms with Gasteiger partial charge in [0.1, 0.15) is 12.2 Å². The van der Waals surface area contributed by atoms with Gasteiger partial charge < -0.3 is 9.47 Å². The Labute approximate surface area is 135 Å².